The Hall–Kier alpha value is -1.43. The Bertz CT molecular complexity index is 376. The molecule has 1 atom stereocenters. The number of nitrogens with one attached hydrogen (secondary N) is 1. The summed E-state index contributed by atoms with van der Waals surface area (Å²) in [6, 6.07) is -0.358. The van der Waals surface area contributed by atoms with Gasteiger partial charge in [0.2, 0.25) is 5.89 Å². The summed E-state index contributed by atoms with van der Waals surface area (Å²) in [6.45, 7) is 6.35. The second kappa shape index (κ2) is 7.10. The van der Waals surface area contributed by atoms with E-state index in [1.165, 1.54) is 7.11 Å². The number of hydrogen-bond donors (Lipinski definition) is 1. The zero-order valence-electron chi connectivity index (χ0n) is 11.4. The van der Waals surface area contributed by atoms with Gasteiger partial charge in [0.15, 0.2) is 5.82 Å². The van der Waals surface area contributed by atoms with E-state index in [2.05, 4.69) is 15.5 Å². The highest BCUT2D eigenvalue weighted by Gasteiger charge is 2.22. The average molecular weight is 255 g/mol. The number of nitrogens with zero attached hydrogens (tertiary/aromatic N) is 2. The van der Waals surface area contributed by atoms with Crippen molar-refractivity contribution in [1.29, 1.82) is 0 Å². The van der Waals surface area contributed by atoms with E-state index in [-0.39, 0.29) is 17.9 Å². The minimum absolute atomic E-state index is 0.138. The standard InChI is InChI=1S/C12H21N3O3/c1-5-6-10-14-9(15-18-10)7-13-11(8(2)3)12(16)17-4/h8,11,13H,5-7H2,1-4H3. The summed E-state index contributed by atoms with van der Waals surface area (Å²) in [5.74, 6) is 1.06. The number of aromatic nitrogens is 2. The van der Waals surface area contributed by atoms with Gasteiger partial charge in [0.05, 0.1) is 13.7 Å². The van der Waals surface area contributed by atoms with Crippen LogP contribution < -0.4 is 5.32 Å². The number of methoxy groups -OCH3 is 1. The van der Waals surface area contributed by atoms with Crippen LogP contribution in [0, 0.1) is 5.92 Å². The van der Waals surface area contributed by atoms with Gasteiger partial charge in [-0.25, -0.2) is 0 Å². The number of carbonyl (C=O) groups is 1. The monoisotopic (exact) mass is 255 g/mol. The van der Waals surface area contributed by atoms with Crippen LogP contribution in [0.3, 0.4) is 0 Å². The van der Waals surface area contributed by atoms with E-state index in [9.17, 15) is 4.79 Å². The van der Waals surface area contributed by atoms with Crippen molar-refractivity contribution in [1.82, 2.24) is 15.5 Å². The summed E-state index contributed by atoms with van der Waals surface area (Å²) in [4.78, 5) is 15.8. The molecule has 0 aliphatic carbocycles. The first-order valence-electron chi connectivity index (χ1n) is 6.21. The van der Waals surface area contributed by atoms with Gasteiger partial charge in [0.25, 0.3) is 0 Å². The largest absolute Gasteiger partial charge is 0.468 e. The fraction of sp³-hybridized carbons (Fsp3) is 0.750. The summed E-state index contributed by atoms with van der Waals surface area (Å²) < 4.78 is 9.81. The van der Waals surface area contributed by atoms with Crippen molar-refractivity contribution in [3.63, 3.8) is 0 Å². The Morgan fingerprint density at radius 1 is 1.50 bits per heavy atom. The lowest BCUT2D eigenvalue weighted by molar-refractivity contribution is -0.144. The minimum Gasteiger partial charge on any atom is -0.468 e. The molecule has 1 N–H and O–H groups in total. The Morgan fingerprint density at radius 2 is 2.22 bits per heavy atom. The van der Waals surface area contributed by atoms with Gasteiger partial charge in [-0.1, -0.05) is 25.9 Å². The van der Waals surface area contributed by atoms with Crippen LogP contribution >= 0.6 is 0 Å². The zero-order valence-corrected chi connectivity index (χ0v) is 11.4. The number of aryl methyl sites for hydroxylation is 1. The van der Waals surface area contributed by atoms with E-state index in [0.29, 0.717) is 18.3 Å². The molecule has 1 aromatic rings. The molecular formula is C12H21N3O3. The molecule has 0 aliphatic rings. The van der Waals surface area contributed by atoms with Crippen LogP contribution in [0.5, 0.6) is 0 Å². The van der Waals surface area contributed by atoms with Crippen LogP contribution in [-0.4, -0.2) is 29.3 Å². The Kier molecular flexibility index (Phi) is 5.77. The van der Waals surface area contributed by atoms with Gasteiger partial charge in [0, 0.05) is 6.42 Å². The van der Waals surface area contributed by atoms with Crippen molar-refractivity contribution in [3.8, 4) is 0 Å². The maximum atomic E-state index is 11.5. The predicted octanol–water partition coefficient (Wildman–Crippen LogP) is 1.31. The fourth-order valence-corrected chi connectivity index (χ4v) is 1.60. The third-order valence-electron chi connectivity index (χ3n) is 2.58. The molecule has 6 heteroatoms. The second-order valence-corrected chi connectivity index (χ2v) is 4.48. The molecule has 0 amide bonds. The van der Waals surface area contributed by atoms with E-state index in [1.807, 2.05) is 20.8 Å². The van der Waals surface area contributed by atoms with E-state index in [4.69, 9.17) is 9.26 Å². The highest BCUT2D eigenvalue weighted by atomic mass is 16.5. The Morgan fingerprint density at radius 3 is 2.78 bits per heavy atom. The van der Waals surface area contributed by atoms with Gasteiger partial charge < -0.3 is 9.26 Å². The van der Waals surface area contributed by atoms with Gasteiger partial charge >= 0.3 is 5.97 Å². The molecular weight excluding hydrogens is 234 g/mol. The highest BCUT2D eigenvalue weighted by Crippen LogP contribution is 2.05. The van der Waals surface area contributed by atoms with Crippen molar-refractivity contribution >= 4 is 5.97 Å². The summed E-state index contributed by atoms with van der Waals surface area (Å²) in [6.07, 6.45) is 1.74. The van der Waals surface area contributed by atoms with Crippen molar-refractivity contribution in [2.45, 2.75) is 46.2 Å². The van der Waals surface area contributed by atoms with E-state index >= 15 is 0 Å². The SMILES string of the molecule is CCCc1nc(CNC(C(=O)OC)C(C)C)no1. The van der Waals surface area contributed by atoms with Gasteiger partial charge in [0.1, 0.15) is 6.04 Å². The van der Waals surface area contributed by atoms with Crippen LogP contribution in [0.25, 0.3) is 0 Å². The molecule has 6 nitrogen and oxygen atoms in total. The normalized spacial score (nSPS) is 12.7. The van der Waals surface area contributed by atoms with E-state index in [0.717, 1.165) is 12.8 Å². The molecule has 18 heavy (non-hydrogen) atoms. The first-order chi connectivity index (χ1) is 8.58. The Labute approximate surface area is 107 Å². The fourth-order valence-electron chi connectivity index (χ4n) is 1.60. The van der Waals surface area contributed by atoms with Crippen LogP contribution in [0.1, 0.15) is 38.9 Å². The van der Waals surface area contributed by atoms with Crippen molar-refractivity contribution in [3.05, 3.63) is 11.7 Å². The van der Waals surface area contributed by atoms with Crippen molar-refractivity contribution < 1.29 is 14.1 Å². The molecule has 0 fully saturated rings. The maximum Gasteiger partial charge on any atom is 0.323 e. The lowest BCUT2D eigenvalue weighted by atomic mass is 10.0. The van der Waals surface area contributed by atoms with Gasteiger partial charge in [-0.2, -0.15) is 4.98 Å². The lowest BCUT2D eigenvalue weighted by Gasteiger charge is -2.18. The van der Waals surface area contributed by atoms with Gasteiger partial charge in [-0.15, -0.1) is 0 Å². The second-order valence-electron chi connectivity index (χ2n) is 4.48. The number of rotatable bonds is 7. The smallest absolute Gasteiger partial charge is 0.323 e. The summed E-state index contributed by atoms with van der Waals surface area (Å²) >= 11 is 0. The molecule has 102 valence electrons. The predicted molar refractivity (Wildman–Crippen MR) is 65.8 cm³/mol. The first-order valence-corrected chi connectivity index (χ1v) is 6.21. The molecule has 0 saturated carbocycles. The number of esters is 1. The average Bonchev–Trinajstić information content (AvgIpc) is 2.77. The molecule has 1 aromatic heterocycles. The summed E-state index contributed by atoms with van der Waals surface area (Å²) in [5.41, 5.74) is 0. The highest BCUT2D eigenvalue weighted by molar-refractivity contribution is 5.75. The molecule has 0 bridgehead atoms. The zero-order chi connectivity index (χ0) is 13.5. The van der Waals surface area contributed by atoms with Gasteiger partial charge in [-0.05, 0) is 12.3 Å². The first kappa shape index (κ1) is 14.6. The summed E-state index contributed by atoms with van der Waals surface area (Å²) in [7, 11) is 1.38. The molecule has 0 aromatic carbocycles. The summed E-state index contributed by atoms with van der Waals surface area (Å²) in [5, 5.41) is 6.93. The number of carbonyl (C=O) groups excluding carboxylic acids is 1. The van der Waals surface area contributed by atoms with Gasteiger partial charge in [-0.3, -0.25) is 10.1 Å². The molecule has 0 spiro atoms. The van der Waals surface area contributed by atoms with Crippen LogP contribution in [0.4, 0.5) is 0 Å². The molecule has 1 unspecified atom stereocenters. The van der Waals surface area contributed by atoms with Crippen LogP contribution in [0.2, 0.25) is 0 Å². The molecule has 0 aliphatic heterocycles. The van der Waals surface area contributed by atoms with Crippen molar-refractivity contribution in [2.24, 2.45) is 5.92 Å². The topological polar surface area (TPSA) is 77.2 Å². The molecule has 1 heterocycles. The third kappa shape index (κ3) is 4.10. The third-order valence-corrected chi connectivity index (χ3v) is 2.58. The molecule has 0 radical (unpaired) electrons. The van der Waals surface area contributed by atoms with Crippen LogP contribution in [-0.2, 0) is 22.5 Å². The van der Waals surface area contributed by atoms with E-state index in [1.54, 1.807) is 0 Å². The molecule has 0 saturated heterocycles. The number of ether oxygens (including phenoxy) is 1. The quantitative estimate of drug-likeness (QED) is 0.740. The van der Waals surface area contributed by atoms with Crippen molar-refractivity contribution in [2.75, 3.05) is 7.11 Å². The van der Waals surface area contributed by atoms with E-state index < -0.39 is 0 Å². The molecule has 1 rings (SSSR count). The number of hydrogen-bond acceptors (Lipinski definition) is 6. The Balaban J connectivity index is 2.53. The maximum absolute atomic E-state index is 11.5. The van der Waals surface area contributed by atoms with Crippen LogP contribution in [0.15, 0.2) is 4.52 Å². The minimum atomic E-state index is -0.358. The lowest BCUT2D eigenvalue weighted by Crippen LogP contribution is -2.41.